The third-order valence-electron chi connectivity index (χ3n) is 7.32. The molecule has 1 aliphatic carbocycles. The molecule has 2 atom stereocenters. The van der Waals surface area contributed by atoms with Gasteiger partial charge in [-0.05, 0) is 56.1 Å². The van der Waals surface area contributed by atoms with Crippen LogP contribution in [0.3, 0.4) is 0 Å². The lowest BCUT2D eigenvalue weighted by atomic mass is 9.79. The Balaban J connectivity index is 1.34. The van der Waals surface area contributed by atoms with Crippen LogP contribution in [0.4, 0.5) is 0 Å². The highest BCUT2D eigenvalue weighted by atomic mass is 15.3. The van der Waals surface area contributed by atoms with Gasteiger partial charge < -0.3 is 15.5 Å². The van der Waals surface area contributed by atoms with Gasteiger partial charge >= 0.3 is 0 Å². The number of aliphatic imine (C=N–C) groups is 2. The second-order valence-electron chi connectivity index (χ2n) is 9.96. The molecule has 172 valence electrons. The van der Waals surface area contributed by atoms with Crippen LogP contribution in [0, 0.1) is 11.8 Å². The van der Waals surface area contributed by atoms with Crippen molar-refractivity contribution >= 4 is 28.7 Å². The minimum Gasteiger partial charge on any atom is -0.386 e. The topological polar surface area (TPSA) is 70.1 Å². The van der Waals surface area contributed by atoms with E-state index in [0.717, 1.165) is 40.2 Å². The maximum Gasteiger partial charge on any atom is 0.136 e. The SMILES string of the molecule is CN(C)CC1CC(N2C=C(c3ccc4ccc(-c5ccccc5)nc4c3)C3C(N)=NC=NC32)C1. The molecule has 6 heteroatoms. The molecule has 3 aliphatic rings. The van der Waals surface area contributed by atoms with E-state index in [-0.39, 0.29) is 12.1 Å². The predicted molar refractivity (Wildman–Crippen MR) is 139 cm³/mol. The zero-order chi connectivity index (χ0) is 23.2. The third-order valence-corrected chi connectivity index (χ3v) is 7.32. The van der Waals surface area contributed by atoms with Crippen molar-refractivity contribution in [3.63, 3.8) is 0 Å². The molecule has 3 heterocycles. The Bertz CT molecular complexity index is 1300. The first-order chi connectivity index (χ1) is 16.6. The van der Waals surface area contributed by atoms with Crippen molar-refractivity contribution in [2.75, 3.05) is 20.6 Å². The third kappa shape index (κ3) is 3.68. The minimum absolute atomic E-state index is 0.00267. The van der Waals surface area contributed by atoms with Gasteiger partial charge in [-0.3, -0.25) is 0 Å². The van der Waals surface area contributed by atoms with Crippen LogP contribution in [0.25, 0.3) is 27.7 Å². The summed E-state index contributed by atoms with van der Waals surface area (Å²) in [4.78, 5) is 18.8. The quantitative estimate of drug-likeness (QED) is 0.631. The van der Waals surface area contributed by atoms with Crippen molar-refractivity contribution in [2.24, 2.45) is 27.6 Å². The van der Waals surface area contributed by atoms with E-state index in [4.69, 9.17) is 15.7 Å². The molecule has 2 N–H and O–H groups in total. The molecule has 1 fully saturated rings. The molecule has 0 spiro atoms. The zero-order valence-corrected chi connectivity index (χ0v) is 19.7. The molecule has 2 unspecified atom stereocenters. The zero-order valence-electron chi connectivity index (χ0n) is 19.7. The second kappa shape index (κ2) is 8.37. The number of amidine groups is 1. The summed E-state index contributed by atoms with van der Waals surface area (Å²) in [6, 6.07) is 21.6. The van der Waals surface area contributed by atoms with E-state index < -0.39 is 0 Å². The highest BCUT2D eigenvalue weighted by molar-refractivity contribution is 6.01. The van der Waals surface area contributed by atoms with Gasteiger partial charge in [0.25, 0.3) is 0 Å². The van der Waals surface area contributed by atoms with Crippen LogP contribution in [0.5, 0.6) is 0 Å². The largest absolute Gasteiger partial charge is 0.386 e. The van der Waals surface area contributed by atoms with E-state index in [1.807, 2.05) is 18.2 Å². The molecule has 0 saturated heterocycles. The Hall–Kier alpha value is -3.51. The van der Waals surface area contributed by atoms with E-state index in [2.05, 4.69) is 77.6 Å². The van der Waals surface area contributed by atoms with E-state index in [0.29, 0.717) is 11.9 Å². The van der Waals surface area contributed by atoms with Crippen molar-refractivity contribution in [1.29, 1.82) is 0 Å². The highest BCUT2D eigenvalue weighted by Gasteiger charge is 2.45. The number of fused-ring (bicyclic) bond motifs is 2. The highest BCUT2D eigenvalue weighted by Crippen LogP contribution is 2.44. The van der Waals surface area contributed by atoms with Gasteiger partial charge in [0.1, 0.15) is 18.3 Å². The van der Waals surface area contributed by atoms with E-state index in [1.165, 1.54) is 18.4 Å². The molecular weight excluding hydrogens is 420 g/mol. The number of hydrogen-bond acceptors (Lipinski definition) is 6. The van der Waals surface area contributed by atoms with E-state index >= 15 is 0 Å². The lowest BCUT2D eigenvalue weighted by molar-refractivity contribution is 0.0758. The average Bonchev–Trinajstić information content (AvgIpc) is 3.21. The average molecular weight is 451 g/mol. The van der Waals surface area contributed by atoms with Gasteiger partial charge in [0.05, 0.1) is 17.1 Å². The fraction of sp³-hybridized carbons (Fsp3) is 0.321. The van der Waals surface area contributed by atoms with Crippen LogP contribution in [0.1, 0.15) is 18.4 Å². The lowest BCUT2D eigenvalue weighted by Gasteiger charge is -2.45. The summed E-state index contributed by atoms with van der Waals surface area (Å²) in [6.45, 7) is 1.14. The molecule has 2 aliphatic heterocycles. The Morgan fingerprint density at radius 2 is 1.79 bits per heavy atom. The van der Waals surface area contributed by atoms with Crippen molar-refractivity contribution < 1.29 is 0 Å². The first kappa shape index (κ1) is 21.1. The molecule has 34 heavy (non-hydrogen) atoms. The van der Waals surface area contributed by atoms with Crippen molar-refractivity contribution in [3.8, 4) is 11.3 Å². The standard InChI is InChI=1S/C28H30N6/c1-33(2)15-18-12-22(13-18)34-16-23(26-27(29)30-17-31-28(26)34)21-9-8-20-10-11-24(32-25(20)14-21)19-6-4-3-5-7-19/h3-11,14,16-18,22,26,28H,12-13,15H2,1-2H3,(H2,29,30,31). The van der Waals surface area contributed by atoms with E-state index in [9.17, 15) is 0 Å². The molecular formula is C28H30N6. The van der Waals surface area contributed by atoms with Crippen LogP contribution in [-0.2, 0) is 0 Å². The molecule has 3 aromatic rings. The summed E-state index contributed by atoms with van der Waals surface area (Å²) in [6.07, 6.45) is 6.30. The minimum atomic E-state index is -0.0207. The summed E-state index contributed by atoms with van der Waals surface area (Å²) in [5.41, 5.74) is 11.9. The normalized spacial score (nSPS) is 25.8. The fourth-order valence-electron chi connectivity index (χ4n) is 5.63. The maximum absolute atomic E-state index is 6.44. The summed E-state index contributed by atoms with van der Waals surface area (Å²) in [5, 5.41) is 1.13. The van der Waals surface area contributed by atoms with Gasteiger partial charge in [0.15, 0.2) is 0 Å². The Morgan fingerprint density at radius 3 is 2.59 bits per heavy atom. The van der Waals surface area contributed by atoms with Gasteiger partial charge in [-0.1, -0.05) is 48.5 Å². The Morgan fingerprint density at radius 1 is 1.00 bits per heavy atom. The number of aromatic nitrogens is 1. The van der Waals surface area contributed by atoms with Crippen molar-refractivity contribution in [1.82, 2.24) is 14.8 Å². The fourth-order valence-corrected chi connectivity index (χ4v) is 5.63. The van der Waals surface area contributed by atoms with Gasteiger partial charge in [-0.25, -0.2) is 15.0 Å². The van der Waals surface area contributed by atoms with Crippen molar-refractivity contribution in [2.45, 2.75) is 25.0 Å². The Kier molecular flexibility index (Phi) is 5.18. The van der Waals surface area contributed by atoms with Crippen LogP contribution >= 0.6 is 0 Å². The Labute approximate surface area is 200 Å². The molecule has 1 saturated carbocycles. The number of benzene rings is 2. The van der Waals surface area contributed by atoms with Gasteiger partial charge in [-0.2, -0.15) is 0 Å². The summed E-state index contributed by atoms with van der Waals surface area (Å²) in [5.74, 6) is 1.37. The summed E-state index contributed by atoms with van der Waals surface area (Å²) >= 11 is 0. The van der Waals surface area contributed by atoms with Crippen LogP contribution < -0.4 is 5.73 Å². The molecule has 6 rings (SSSR count). The molecule has 0 bridgehead atoms. The molecule has 0 amide bonds. The number of rotatable bonds is 5. The predicted octanol–water partition coefficient (Wildman–Crippen LogP) is 4.24. The van der Waals surface area contributed by atoms with Gasteiger partial charge in [-0.15, -0.1) is 0 Å². The second-order valence-corrected chi connectivity index (χ2v) is 9.96. The smallest absolute Gasteiger partial charge is 0.136 e. The van der Waals surface area contributed by atoms with E-state index in [1.54, 1.807) is 6.34 Å². The number of nitrogens with zero attached hydrogens (tertiary/aromatic N) is 5. The van der Waals surface area contributed by atoms with Crippen molar-refractivity contribution in [3.05, 3.63) is 72.4 Å². The number of nitrogens with two attached hydrogens (primary N) is 1. The summed E-state index contributed by atoms with van der Waals surface area (Å²) < 4.78 is 0. The molecule has 0 radical (unpaired) electrons. The van der Waals surface area contributed by atoms with Crippen LogP contribution in [0.15, 0.2) is 76.8 Å². The number of pyridine rings is 1. The molecule has 2 aromatic carbocycles. The van der Waals surface area contributed by atoms with Gasteiger partial charge in [0.2, 0.25) is 0 Å². The number of hydrogen-bond donors (Lipinski definition) is 1. The first-order valence-corrected chi connectivity index (χ1v) is 12.0. The summed E-state index contributed by atoms with van der Waals surface area (Å²) in [7, 11) is 4.30. The molecule has 1 aromatic heterocycles. The maximum atomic E-state index is 6.44. The van der Waals surface area contributed by atoms with Crippen LogP contribution in [-0.4, -0.2) is 59.8 Å². The lowest BCUT2D eigenvalue weighted by Crippen LogP contribution is -2.50. The van der Waals surface area contributed by atoms with Gasteiger partial charge in [0, 0.05) is 29.7 Å². The first-order valence-electron chi connectivity index (χ1n) is 12.0. The molecule has 6 nitrogen and oxygen atoms in total. The monoisotopic (exact) mass is 450 g/mol. The van der Waals surface area contributed by atoms with Crippen LogP contribution in [0.2, 0.25) is 0 Å².